The molecule has 0 aromatic carbocycles. The maximum atomic E-state index is 2.50. The predicted molar refractivity (Wildman–Crippen MR) is 103 cm³/mol. The van der Waals surface area contributed by atoms with E-state index in [2.05, 4.69) is 76.2 Å². The van der Waals surface area contributed by atoms with Crippen molar-refractivity contribution in [2.45, 2.75) is 89.0 Å². The van der Waals surface area contributed by atoms with Crippen molar-refractivity contribution in [3.63, 3.8) is 0 Å². The van der Waals surface area contributed by atoms with Gasteiger partial charge in [0.25, 0.3) is 0 Å². The van der Waals surface area contributed by atoms with Crippen LogP contribution in [-0.2, 0) is 0 Å². The molecule has 0 heteroatoms. The van der Waals surface area contributed by atoms with Crippen LogP contribution in [0.4, 0.5) is 0 Å². The highest BCUT2D eigenvalue weighted by Gasteiger charge is 2.31. The molecule has 0 spiro atoms. The molecule has 0 radical (unpaired) electrons. The molecule has 8 unspecified atom stereocenters. The third kappa shape index (κ3) is 6.25. The lowest BCUT2D eigenvalue weighted by molar-refractivity contribution is 0.111. The van der Waals surface area contributed by atoms with E-state index in [0.717, 1.165) is 53.3 Å². The van der Waals surface area contributed by atoms with Crippen molar-refractivity contribution in [1.29, 1.82) is 0 Å². The standard InChI is InChI=1S/C22H46/c1-12-15(4)16(5)13-17(6)19(8)21(10)22(11)20(9)18(7)14(2)3/h14-22H,12-13H2,1-11H3. The minimum absolute atomic E-state index is 0.794. The maximum absolute atomic E-state index is 2.50. The summed E-state index contributed by atoms with van der Waals surface area (Å²) in [5.41, 5.74) is 0. The molecule has 0 amide bonds. The summed E-state index contributed by atoms with van der Waals surface area (Å²) < 4.78 is 0. The lowest BCUT2D eigenvalue weighted by Crippen LogP contribution is -2.31. The molecule has 22 heavy (non-hydrogen) atoms. The van der Waals surface area contributed by atoms with E-state index in [1.54, 1.807) is 0 Å². The van der Waals surface area contributed by atoms with Crippen molar-refractivity contribution in [1.82, 2.24) is 0 Å². The Morgan fingerprint density at radius 2 is 0.864 bits per heavy atom. The van der Waals surface area contributed by atoms with Gasteiger partial charge in [0.05, 0.1) is 0 Å². The highest BCUT2D eigenvalue weighted by molar-refractivity contribution is 4.80. The quantitative estimate of drug-likeness (QED) is 0.391. The Labute approximate surface area is 142 Å². The molecule has 0 rings (SSSR count). The van der Waals surface area contributed by atoms with Gasteiger partial charge >= 0.3 is 0 Å². The van der Waals surface area contributed by atoms with Gasteiger partial charge in [0.2, 0.25) is 0 Å². The second-order valence-electron chi connectivity index (χ2n) is 9.12. The van der Waals surface area contributed by atoms with Crippen molar-refractivity contribution in [3.05, 3.63) is 0 Å². The maximum Gasteiger partial charge on any atom is -0.0386 e. The third-order valence-corrected chi connectivity index (χ3v) is 7.63. The van der Waals surface area contributed by atoms with Gasteiger partial charge < -0.3 is 0 Å². The fourth-order valence-corrected chi connectivity index (χ4v) is 4.00. The minimum atomic E-state index is 0.794. The molecule has 0 heterocycles. The first kappa shape index (κ1) is 22.0. The molecule has 0 aromatic rings. The summed E-state index contributed by atoms with van der Waals surface area (Å²) in [7, 11) is 0. The smallest absolute Gasteiger partial charge is 0.0386 e. The first-order valence-electron chi connectivity index (χ1n) is 10.0. The highest BCUT2D eigenvalue weighted by Crippen LogP contribution is 2.38. The van der Waals surface area contributed by atoms with Crippen LogP contribution >= 0.6 is 0 Å². The first-order valence-corrected chi connectivity index (χ1v) is 10.0. The second-order valence-corrected chi connectivity index (χ2v) is 9.12. The van der Waals surface area contributed by atoms with Crippen molar-refractivity contribution in [2.75, 3.05) is 0 Å². The Kier molecular flexibility index (Phi) is 9.99. The molecule has 0 nitrogen and oxygen atoms in total. The Morgan fingerprint density at radius 1 is 0.455 bits per heavy atom. The van der Waals surface area contributed by atoms with E-state index in [1.165, 1.54) is 12.8 Å². The van der Waals surface area contributed by atoms with Crippen LogP contribution in [0.3, 0.4) is 0 Å². The molecule has 134 valence electrons. The summed E-state index contributed by atoms with van der Waals surface area (Å²) >= 11 is 0. The molecule has 0 saturated carbocycles. The second kappa shape index (κ2) is 9.99. The summed E-state index contributed by atoms with van der Waals surface area (Å²) in [5, 5.41) is 0. The van der Waals surface area contributed by atoms with Crippen molar-refractivity contribution < 1.29 is 0 Å². The first-order chi connectivity index (χ1) is 10.0. The van der Waals surface area contributed by atoms with Crippen molar-refractivity contribution in [2.24, 2.45) is 53.3 Å². The monoisotopic (exact) mass is 310 g/mol. The van der Waals surface area contributed by atoms with E-state index in [4.69, 9.17) is 0 Å². The van der Waals surface area contributed by atoms with Gasteiger partial charge in [0.15, 0.2) is 0 Å². The van der Waals surface area contributed by atoms with Gasteiger partial charge in [-0.2, -0.15) is 0 Å². The molecule has 0 aliphatic rings. The highest BCUT2D eigenvalue weighted by atomic mass is 14.4. The van der Waals surface area contributed by atoms with E-state index >= 15 is 0 Å². The molecule has 0 aliphatic heterocycles. The largest absolute Gasteiger partial charge is 0.0651 e. The van der Waals surface area contributed by atoms with Crippen LogP contribution in [0.1, 0.15) is 89.0 Å². The number of hydrogen-bond acceptors (Lipinski definition) is 0. The Bertz CT molecular complexity index is 280. The van der Waals surface area contributed by atoms with Crippen LogP contribution in [0.15, 0.2) is 0 Å². The minimum Gasteiger partial charge on any atom is -0.0651 e. The van der Waals surface area contributed by atoms with Crippen LogP contribution in [0, 0.1) is 53.3 Å². The van der Waals surface area contributed by atoms with Crippen LogP contribution in [0.2, 0.25) is 0 Å². The Balaban J connectivity index is 4.66. The zero-order valence-electron chi connectivity index (χ0n) is 17.6. The van der Waals surface area contributed by atoms with Gasteiger partial charge in [-0.05, 0) is 59.7 Å². The summed E-state index contributed by atoms with van der Waals surface area (Å²) in [6.45, 7) is 26.9. The molecule has 0 fully saturated rings. The Morgan fingerprint density at radius 3 is 1.27 bits per heavy atom. The molecular weight excluding hydrogens is 264 g/mol. The molecule has 0 saturated heterocycles. The van der Waals surface area contributed by atoms with E-state index in [1.807, 2.05) is 0 Å². The summed E-state index contributed by atoms with van der Waals surface area (Å²) in [6.07, 6.45) is 2.71. The van der Waals surface area contributed by atoms with Crippen molar-refractivity contribution >= 4 is 0 Å². The lowest BCUT2D eigenvalue weighted by atomic mass is 9.68. The van der Waals surface area contributed by atoms with E-state index in [-0.39, 0.29) is 0 Å². The summed E-state index contributed by atoms with van der Waals surface area (Å²) in [5.74, 6) is 7.44. The molecule has 0 N–H and O–H groups in total. The zero-order chi connectivity index (χ0) is 17.6. The van der Waals surface area contributed by atoms with Gasteiger partial charge in [0, 0.05) is 0 Å². The van der Waals surface area contributed by atoms with Gasteiger partial charge in [0.1, 0.15) is 0 Å². The van der Waals surface area contributed by atoms with Crippen LogP contribution in [0.25, 0.3) is 0 Å². The van der Waals surface area contributed by atoms with E-state index in [9.17, 15) is 0 Å². The topological polar surface area (TPSA) is 0 Å². The molecule has 0 aliphatic carbocycles. The SMILES string of the molecule is CCC(C)C(C)CC(C)C(C)C(C)C(C)C(C)C(C)C(C)C. The molecule has 0 aromatic heterocycles. The van der Waals surface area contributed by atoms with E-state index < -0.39 is 0 Å². The average Bonchev–Trinajstić information content (AvgIpc) is 2.49. The van der Waals surface area contributed by atoms with Crippen LogP contribution in [0.5, 0.6) is 0 Å². The summed E-state index contributed by atoms with van der Waals surface area (Å²) in [6, 6.07) is 0. The van der Waals surface area contributed by atoms with Gasteiger partial charge in [-0.15, -0.1) is 0 Å². The average molecular weight is 311 g/mol. The Hall–Kier alpha value is 0. The lowest BCUT2D eigenvalue weighted by Gasteiger charge is -2.38. The van der Waals surface area contributed by atoms with Gasteiger partial charge in [-0.1, -0.05) is 82.6 Å². The van der Waals surface area contributed by atoms with E-state index in [0.29, 0.717) is 0 Å². The van der Waals surface area contributed by atoms with Gasteiger partial charge in [-0.3, -0.25) is 0 Å². The molecular formula is C22H46. The molecule has 8 atom stereocenters. The predicted octanol–water partition coefficient (Wildman–Crippen LogP) is 7.53. The number of hydrogen-bond donors (Lipinski definition) is 0. The number of rotatable bonds is 10. The third-order valence-electron chi connectivity index (χ3n) is 7.63. The fourth-order valence-electron chi connectivity index (χ4n) is 4.00. The van der Waals surface area contributed by atoms with Crippen LogP contribution in [-0.4, -0.2) is 0 Å². The summed E-state index contributed by atoms with van der Waals surface area (Å²) in [4.78, 5) is 0. The normalized spacial score (nSPS) is 23.5. The zero-order valence-corrected chi connectivity index (χ0v) is 17.6. The van der Waals surface area contributed by atoms with Gasteiger partial charge in [-0.25, -0.2) is 0 Å². The van der Waals surface area contributed by atoms with Crippen molar-refractivity contribution in [3.8, 4) is 0 Å². The van der Waals surface area contributed by atoms with Crippen LogP contribution < -0.4 is 0 Å². The fraction of sp³-hybridized carbons (Fsp3) is 1.00. The molecule has 0 bridgehead atoms.